The highest BCUT2D eigenvalue weighted by Gasteiger charge is 2.23. The minimum Gasteiger partial charge on any atom is -0.488 e. The number of nitrogens with zero attached hydrogens (tertiary/aromatic N) is 1. The van der Waals surface area contributed by atoms with Gasteiger partial charge in [0.2, 0.25) is 0 Å². The van der Waals surface area contributed by atoms with E-state index in [-0.39, 0.29) is 6.10 Å². The zero-order valence-electron chi connectivity index (χ0n) is 7.82. The SMILES string of the molecule is BrC1CNCCC1Oc1cccnc1. The molecule has 1 fully saturated rings. The Bertz CT molecular complexity index is 281. The van der Waals surface area contributed by atoms with Crippen molar-refractivity contribution >= 4 is 15.9 Å². The van der Waals surface area contributed by atoms with E-state index in [0.717, 1.165) is 25.3 Å². The molecule has 1 aromatic rings. The molecule has 0 amide bonds. The van der Waals surface area contributed by atoms with Gasteiger partial charge in [0.05, 0.1) is 11.0 Å². The monoisotopic (exact) mass is 256 g/mol. The summed E-state index contributed by atoms with van der Waals surface area (Å²) in [5.74, 6) is 0.851. The summed E-state index contributed by atoms with van der Waals surface area (Å²) in [6.07, 6.45) is 4.79. The van der Waals surface area contributed by atoms with Crippen LogP contribution in [-0.4, -0.2) is 29.0 Å². The summed E-state index contributed by atoms with van der Waals surface area (Å²) in [7, 11) is 0. The van der Waals surface area contributed by atoms with E-state index < -0.39 is 0 Å². The van der Waals surface area contributed by atoms with Gasteiger partial charge in [-0.1, -0.05) is 15.9 Å². The van der Waals surface area contributed by atoms with Crippen molar-refractivity contribution in [1.82, 2.24) is 10.3 Å². The summed E-state index contributed by atoms with van der Waals surface area (Å²) in [6, 6.07) is 3.83. The van der Waals surface area contributed by atoms with Crippen molar-refractivity contribution in [2.75, 3.05) is 13.1 Å². The highest BCUT2D eigenvalue weighted by atomic mass is 79.9. The van der Waals surface area contributed by atoms with Crippen LogP contribution in [0.15, 0.2) is 24.5 Å². The van der Waals surface area contributed by atoms with Gasteiger partial charge in [-0.25, -0.2) is 0 Å². The van der Waals surface area contributed by atoms with Gasteiger partial charge in [-0.3, -0.25) is 4.98 Å². The molecule has 2 rings (SSSR count). The Morgan fingerprint density at radius 1 is 1.57 bits per heavy atom. The van der Waals surface area contributed by atoms with E-state index in [1.54, 1.807) is 12.4 Å². The smallest absolute Gasteiger partial charge is 0.138 e. The van der Waals surface area contributed by atoms with Crippen molar-refractivity contribution in [1.29, 1.82) is 0 Å². The lowest BCUT2D eigenvalue weighted by Crippen LogP contribution is -2.43. The van der Waals surface area contributed by atoms with E-state index in [4.69, 9.17) is 4.74 Å². The van der Waals surface area contributed by atoms with Gasteiger partial charge in [-0.15, -0.1) is 0 Å². The Hall–Kier alpha value is -0.610. The summed E-state index contributed by atoms with van der Waals surface area (Å²) in [4.78, 5) is 4.40. The molecule has 76 valence electrons. The number of pyridine rings is 1. The standard InChI is InChI=1S/C10H13BrN2O/c11-9-7-13-5-3-10(9)14-8-2-1-4-12-6-8/h1-2,4,6,9-10,13H,3,5,7H2. The van der Waals surface area contributed by atoms with Crippen molar-refractivity contribution in [2.24, 2.45) is 0 Å². The molecule has 1 saturated heterocycles. The van der Waals surface area contributed by atoms with Crippen LogP contribution in [0.3, 0.4) is 0 Å². The molecule has 2 heterocycles. The number of nitrogens with one attached hydrogen (secondary N) is 1. The van der Waals surface area contributed by atoms with Gasteiger partial charge in [-0.05, 0) is 25.1 Å². The maximum absolute atomic E-state index is 5.82. The summed E-state index contributed by atoms with van der Waals surface area (Å²) in [5.41, 5.74) is 0. The summed E-state index contributed by atoms with van der Waals surface area (Å²) in [6.45, 7) is 1.98. The van der Waals surface area contributed by atoms with Crippen LogP contribution in [-0.2, 0) is 0 Å². The number of ether oxygens (including phenoxy) is 1. The third kappa shape index (κ3) is 2.45. The molecule has 14 heavy (non-hydrogen) atoms. The lowest BCUT2D eigenvalue weighted by molar-refractivity contribution is 0.170. The predicted octanol–water partition coefficient (Wildman–Crippen LogP) is 1.59. The fourth-order valence-corrected chi connectivity index (χ4v) is 2.12. The van der Waals surface area contributed by atoms with Gasteiger partial charge in [0, 0.05) is 12.7 Å². The van der Waals surface area contributed by atoms with Crippen molar-refractivity contribution in [3.05, 3.63) is 24.5 Å². The molecular formula is C10H13BrN2O. The molecule has 3 nitrogen and oxygen atoms in total. The first-order valence-electron chi connectivity index (χ1n) is 4.78. The Balaban J connectivity index is 1.96. The molecule has 1 aromatic heterocycles. The van der Waals surface area contributed by atoms with Gasteiger partial charge in [0.15, 0.2) is 0 Å². The molecular weight excluding hydrogens is 244 g/mol. The zero-order valence-corrected chi connectivity index (χ0v) is 9.40. The minimum atomic E-state index is 0.250. The highest BCUT2D eigenvalue weighted by molar-refractivity contribution is 9.09. The molecule has 0 radical (unpaired) electrons. The van der Waals surface area contributed by atoms with E-state index in [1.165, 1.54) is 0 Å². The van der Waals surface area contributed by atoms with Gasteiger partial charge in [-0.2, -0.15) is 0 Å². The molecule has 1 N–H and O–H groups in total. The molecule has 0 bridgehead atoms. The third-order valence-corrected chi connectivity index (χ3v) is 3.18. The third-order valence-electron chi connectivity index (χ3n) is 2.27. The normalized spacial score (nSPS) is 27.2. The van der Waals surface area contributed by atoms with Crippen LogP contribution in [0.2, 0.25) is 0 Å². The largest absolute Gasteiger partial charge is 0.488 e. The topological polar surface area (TPSA) is 34.1 Å². The molecule has 0 saturated carbocycles. The fraction of sp³-hybridized carbons (Fsp3) is 0.500. The van der Waals surface area contributed by atoms with Crippen LogP contribution >= 0.6 is 15.9 Å². The Labute approximate surface area is 92.0 Å². The Kier molecular flexibility index (Phi) is 3.37. The first-order valence-corrected chi connectivity index (χ1v) is 5.69. The van der Waals surface area contributed by atoms with E-state index in [0.29, 0.717) is 4.83 Å². The number of aromatic nitrogens is 1. The van der Waals surface area contributed by atoms with Crippen LogP contribution in [0, 0.1) is 0 Å². The molecule has 1 aliphatic rings. The first-order chi connectivity index (χ1) is 6.86. The van der Waals surface area contributed by atoms with Crippen LogP contribution in [0.25, 0.3) is 0 Å². The van der Waals surface area contributed by atoms with Crippen LogP contribution < -0.4 is 10.1 Å². The molecule has 2 unspecified atom stereocenters. The molecule has 1 aliphatic heterocycles. The number of piperidine rings is 1. The predicted molar refractivity (Wildman–Crippen MR) is 58.9 cm³/mol. The van der Waals surface area contributed by atoms with Crippen LogP contribution in [0.4, 0.5) is 0 Å². The van der Waals surface area contributed by atoms with Crippen LogP contribution in [0.5, 0.6) is 5.75 Å². The highest BCUT2D eigenvalue weighted by Crippen LogP contribution is 2.19. The quantitative estimate of drug-likeness (QED) is 0.817. The van der Waals surface area contributed by atoms with Gasteiger partial charge >= 0.3 is 0 Å². The van der Waals surface area contributed by atoms with Crippen molar-refractivity contribution in [3.63, 3.8) is 0 Å². The average Bonchev–Trinajstić information content (AvgIpc) is 2.23. The lowest BCUT2D eigenvalue weighted by Gasteiger charge is -2.28. The Morgan fingerprint density at radius 2 is 2.50 bits per heavy atom. The molecule has 0 aliphatic carbocycles. The summed E-state index contributed by atoms with van der Waals surface area (Å²) in [5, 5.41) is 3.31. The zero-order chi connectivity index (χ0) is 9.80. The van der Waals surface area contributed by atoms with Gasteiger partial charge < -0.3 is 10.1 Å². The van der Waals surface area contributed by atoms with E-state index >= 15 is 0 Å². The van der Waals surface area contributed by atoms with Crippen molar-refractivity contribution in [3.8, 4) is 5.75 Å². The second-order valence-corrected chi connectivity index (χ2v) is 4.53. The van der Waals surface area contributed by atoms with Gasteiger partial charge in [0.25, 0.3) is 0 Å². The first kappa shape index (κ1) is 9.93. The van der Waals surface area contributed by atoms with E-state index in [1.807, 2.05) is 12.1 Å². The number of halogens is 1. The van der Waals surface area contributed by atoms with Crippen LogP contribution in [0.1, 0.15) is 6.42 Å². The molecule has 2 atom stereocenters. The fourth-order valence-electron chi connectivity index (χ4n) is 1.52. The van der Waals surface area contributed by atoms with Crippen molar-refractivity contribution < 1.29 is 4.74 Å². The molecule has 0 aromatic carbocycles. The number of rotatable bonds is 2. The number of hydrogen-bond acceptors (Lipinski definition) is 3. The van der Waals surface area contributed by atoms with E-state index in [9.17, 15) is 0 Å². The summed E-state index contributed by atoms with van der Waals surface area (Å²) < 4.78 is 5.82. The second-order valence-electron chi connectivity index (χ2n) is 3.35. The van der Waals surface area contributed by atoms with E-state index in [2.05, 4.69) is 26.2 Å². The Morgan fingerprint density at radius 3 is 3.21 bits per heavy atom. The average molecular weight is 257 g/mol. The molecule has 4 heteroatoms. The minimum absolute atomic E-state index is 0.250. The van der Waals surface area contributed by atoms with Gasteiger partial charge in [0.1, 0.15) is 11.9 Å². The summed E-state index contributed by atoms with van der Waals surface area (Å²) >= 11 is 3.60. The number of alkyl halides is 1. The second kappa shape index (κ2) is 4.75. The number of hydrogen-bond donors (Lipinski definition) is 1. The lowest BCUT2D eigenvalue weighted by atomic mass is 10.1. The molecule has 0 spiro atoms. The van der Waals surface area contributed by atoms with Crippen molar-refractivity contribution in [2.45, 2.75) is 17.4 Å². The maximum Gasteiger partial charge on any atom is 0.138 e. The maximum atomic E-state index is 5.82.